The smallest absolute Gasteiger partial charge is 0.267 e. The van der Waals surface area contributed by atoms with E-state index in [-0.39, 0.29) is 5.91 Å². The molecule has 0 spiro atoms. The van der Waals surface area contributed by atoms with Crippen LogP contribution in [-0.4, -0.2) is 20.0 Å². The Hall–Kier alpha value is -1.25. The summed E-state index contributed by atoms with van der Waals surface area (Å²) in [6, 6.07) is 0. The van der Waals surface area contributed by atoms with Crippen LogP contribution in [0.15, 0.2) is 23.9 Å². The average molecular weight is 154 g/mol. The zero-order valence-electron chi connectivity index (χ0n) is 7.14. The highest BCUT2D eigenvalue weighted by Crippen LogP contribution is 1.88. The summed E-state index contributed by atoms with van der Waals surface area (Å²) in [6.07, 6.45) is 5.39. The monoisotopic (exact) mass is 154 g/mol. The number of rotatable bonds is 3. The molecule has 0 aromatic rings. The van der Waals surface area contributed by atoms with Gasteiger partial charge in [0.1, 0.15) is 0 Å². The molecule has 11 heavy (non-hydrogen) atoms. The zero-order chi connectivity index (χ0) is 8.69. The predicted molar refractivity (Wildman–Crippen MR) is 46.0 cm³/mol. The van der Waals surface area contributed by atoms with Crippen LogP contribution in [0.2, 0.25) is 0 Å². The van der Waals surface area contributed by atoms with Crippen molar-refractivity contribution < 1.29 is 4.79 Å². The largest absolute Gasteiger partial charge is 0.384 e. The number of hydrogen-bond acceptors (Lipinski definition) is 2. The van der Waals surface area contributed by atoms with Crippen LogP contribution in [0.25, 0.3) is 0 Å². The van der Waals surface area contributed by atoms with Crippen molar-refractivity contribution in [3.05, 3.63) is 23.9 Å². The minimum atomic E-state index is -0.106. The van der Waals surface area contributed by atoms with Gasteiger partial charge in [0.2, 0.25) is 0 Å². The second kappa shape index (κ2) is 5.53. The van der Waals surface area contributed by atoms with E-state index in [9.17, 15) is 4.79 Å². The highest BCUT2D eigenvalue weighted by molar-refractivity contribution is 5.92. The maximum Gasteiger partial charge on any atom is 0.267 e. The maximum atomic E-state index is 11.0. The Balaban J connectivity index is 4.26. The van der Waals surface area contributed by atoms with E-state index in [0.717, 1.165) is 0 Å². The second-order valence-corrected chi connectivity index (χ2v) is 1.94. The molecule has 0 heterocycles. The first kappa shape index (κ1) is 9.75. The molecule has 2 N–H and O–H groups in total. The van der Waals surface area contributed by atoms with Crippen LogP contribution < -0.4 is 10.6 Å². The molecule has 0 bridgehead atoms. The van der Waals surface area contributed by atoms with Crippen LogP contribution in [0, 0.1) is 0 Å². The third-order valence-electron chi connectivity index (χ3n) is 1.20. The van der Waals surface area contributed by atoms with Gasteiger partial charge in [0.05, 0.1) is 5.70 Å². The van der Waals surface area contributed by atoms with Gasteiger partial charge in [-0.3, -0.25) is 4.79 Å². The van der Waals surface area contributed by atoms with Gasteiger partial charge in [-0.15, -0.1) is 0 Å². The summed E-state index contributed by atoms with van der Waals surface area (Å²) in [5, 5.41) is 5.31. The fourth-order valence-corrected chi connectivity index (χ4v) is 0.600. The van der Waals surface area contributed by atoms with Crippen LogP contribution in [0.4, 0.5) is 0 Å². The Bertz CT molecular complexity index is 183. The van der Waals surface area contributed by atoms with E-state index in [1.807, 2.05) is 13.0 Å². The number of allylic oxidation sites excluding steroid dienone is 3. The molecule has 0 aliphatic rings. The molecule has 0 saturated heterocycles. The van der Waals surface area contributed by atoms with Crippen molar-refractivity contribution in [2.75, 3.05) is 14.1 Å². The standard InChI is InChI=1S/C8H14N2O/c1-4-5-6-7(9-2)8(11)10-3/h4-6,9H,1-3H3,(H,10,11)/b5-4-,7-6-. The van der Waals surface area contributed by atoms with Crippen LogP contribution >= 0.6 is 0 Å². The molecule has 0 aliphatic heterocycles. The molecule has 0 aromatic carbocycles. The molecule has 0 fully saturated rings. The first-order valence-corrected chi connectivity index (χ1v) is 3.49. The van der Waals surface area contributed by atoms with E-state index >= 15 is 0 Å². The van der Waals surface area contributed by atoms with Crippen LogP contribution in [0.5, 0.6) is 0 Å². The fraction of sp³-hybridized carbons (Fsp3) is 0.375. The summed E-state index contributed by atoms with van der Waals surface area (Å²) in [5.41, 5.74) is 0.561. The molecule has 0 saturated carbocycles. The number of nitrogens with one attached hydrogen (secondary N) is 2. The lowest BCUT2D eigenvalue weighted by molar-refractivity contribution is -0.117. The van der Waals surface area contributed by atoms with Crippen molar-refractivity contribution in [3.8, 4) is 0 Å². The number of amides is 1. The van der Waals surface area contributed by atoms with Gasteiger partial charge in [0, 0.05) is 14.1 Å². The van der Waals surface area contributed by atoms with Gasteiger partial charge in [0.25, 0.3) is 5.91 Å². The molecular formula is C8H14N2O. The summed E-state index contributed by atoms with van der Waals surface area (Å²) < 4.78 is 0. The van der Waals surface area contributed by atoms with Crippen molar-refractivity contribution >= 4 is 5.91 Å². The SMILES string of the molecule is C/C=C\C=C(/NC)C(=O)NC. The molecule has 0 aliphatic carbocycles. The molecular weight excluding hydrogens is 140 g/mol. The van der Waals surface area contributed by atoms with E-state index in [2.05, 4.69) is 10.6 Å². The van der Waals surface area contributed by atoms with Crippen molar-refractivity contribution in [1.82, 2.24) is 10.6 Å². The van der Waals surface area contributed by atoms with Gasteiger partial charge >= 0.3 is 0 Å². The lowest BCUT2D eigenvalue weighted by Gasteiger charge is -2.02. The van der Waals surface area contributed by atoms with Crippen LogP contribution in [0.3, 0.4) is 0 Å². The van der Waals surface area contributed by atoms with Crippen molar-refractivity contribution in [2.45, 2.75) is 6.92 Å². The maximum absolute atomic E-state index is 11.0. The summed E-state index contributed by atoms with van der Waals surface area (Å²) in [6.45, 7) is 1.90. The second-order valence-electron chi connectivity index (χ2n) is 1.94. The van der Waals surface area contributed by atoms with E-state index in [0.29, 0.717) is 5.70 Å². The molecule has 0 rings (SSSR count). The Labute approximate surface area is 67.2 Å². The van der Waals surface area contributed by atoms with Crippen LogP contribution in [0.1, 0.15) is 6.92 Å². The molecule has 0 unspecified atom stereocenters. The summed E-state index contributed by atoms with van der Waals surface area (Å²) in [7, 11) is 3.31. The van der Waals surface area contributed by atoms with Gasteiger partial charge < -0.3 is 10.6 Å². The predicted octanol–water partition coefficient (Wildman–Crippen LogP) is 0.412. The van der Waals surface area contributed by atoms with E-state index in [1.54, 1.807) is 26.2 Å². The Morgan fingerprint density at radius 2 is 1.91 bits per heavy atom. The van der Waals surface area contributed by atoms with Gasteiger partial charge in [-0.25, -0.2) is 0 Å². The lowest BCUT2D eigenvalue weighted by atomic mass is 10.3. The average Bonchev–Trinajstić information content (AvgIpc) is 2.05. The van der Waals surface area contributed by atoms with Gasteiger partial charge in [-0.05, 0) is 13.0 Å². The van der Waals surface area contributed by atoms with E-state index in [1.165, 1.54) is 0 Å². The van der Waals surface area contributed by atoms with Gasteiger partial charge in [0.15, 0.2) is 0 Å². The first-order chi connectivity index (χ1) is 5.26. The first-order valence-electron chi connectivity index (χ1n) is 3.49. The van der Waals surface area contributed by atoms with Crippen molar-refractivity contribution in [3.63, 3.8) is 0 Å². The van der Waals surface area contributed by atoms with Crippen LogP contribution in [-0.2, 0) is 4.79 Å². The molecule has 0 atom stereocenters. The lowest BCUT2D eigenvalue weighted by Crippen LogP contribution is -2.26. The van der Waals surface area contributed by atoms with Crippen molar-refractivity contribution in [2.24, 2.45) is 0 Å². The quantitative estimate of drug-likeness (QED) is 0.456. The molecule has 3 heteroatoms. The molecule has 62 valence electrons. The number of hydrogen-bond donors (Lipinski definition) is 2. The Morgan fingerprint density at radius 1 is 1.27 bits per heavy atom. The zero-order valence-corrected chi connectivity index (χ0v) is 7.14. The van der Waals surface area contributed by atoms with E-state index < -0.39 is 0 Å². The molecule has 3 nitrogen and oxygen atoms in total. The number of likely N-dealkylation sites (N-methyl/N-ethyl adjacent to an activating group) is 2. The minimum Gasteiger partial charge on any atom is -0.384 e. The third-order valence-corrected chi connectivity index (χ3v) is 1.20. The highest BCUT2D eigenvalue weighted by atomic mass is 16.1. The van der Waals surface area contributed by atoms with Gasteiger partial charge in [-0.2, -0.15) is 0 Å². The van der Waals surface area contributed by atoms with Crippen molar-refractivity contribution in [1.29, 1.82) is 0 Å². The Morgan fingerprint density at radius 3 is 2.27 bits per heavy atom. The minimum absolute atomic E-state index is 0.106. The summed E-state index contributed by atoms with van der Waals surface area (Å²) in [4.78, 5) is 11.0. The summed E-state index contributed by atoms with van der Waals surface area (Å²) in [5.74, 6) is -0.106. The van der Waals surface area contributed by atoms with E-state index in [4.69, 9.17) is 0 Å². The third kappa shape index (κ3) is 3.45. The molecule has 0 aromatic heterocycles. The highest BCUT2D eigenvalue weighted by Gasteiger charge is 2.00. The number of carbonyl (C=O) groups is 1. The summed E-state index contributed by atoms with van der Waals surface area (Å²) >= 11 is 0. The molecule has 0 radical (unpaired) electrons. The topological polar surface area (TPSA) is 41.1 Å². The number of carbonyl (C=O) groups excluding carboxylic acids is 1. The molecule has 1 amide bonds. The fourth-order valence-electron chi connectivity index (χ4n) is 0.600. The van der Waals surface area contributed by atoms with Gasteiger partial charge in [-0.1, -0.05) is 12.2 Å². The Kier molecular flexibility index (Phi) is 4.90. The normalized spacial score (nSPS) is 11.7.